The van der Waals surface area contributed by atoms with Crippen molar-refractivity contribution in [2.24, 2.45) is 0 Å². The Hall–Kier alpha value is -1.91. The molecule has 1 saturated heterocycles. The molecule has 0 spiro atoms. The molecule has 0 radical (unpaired) electrons. The van der Waals surface area contributed by atoms with Crippen molar-refractivity contribution in [3.63, 3.8) is 0 Å². The van der Waals surface area contributed by atoms with Crippen molar-refractivity contribution >= 4 is 5.91 Å². The summed E-state index contributed by atoms with van der Waals surface area (Å²) < 4.78 is 16.0. The van der Waals surface area contributed by atoms with Gasteiger partial charge in [-0.05, 0) is 45.2 Å². The topological polar surface area (TPSA) is 48.0 Å². The number of hydrogen-bond acceptors (Lipinski definition) is 4. The van der Waals surface area contributed by atoms with Crippen molar-refractivity contribution in [1.29, 1.82) is 0 Å². The molecular weight excluding hydrogens is 282 g/mol. The third-order valence-corrected chi connectivity index (χ3v) is 4.34. The van der Waals surface area contributed by atoms with Crippen molar-refractivity contribution in [3.8, 4) is 17.2 Å². The molecule has 0 N–H and O–H groups in total. The molecule has 122 valence electrons. The smallest absolute Gasteiger partial charge is 0.254 e. The van der Waals surface area contributed by atoms with Crippen molar-refractivity contribution < 1.29 is 19.0 Å². The Morgan fingerprint density at radius 2 is 1.50 bits per heavy atom. The van der Waals surface area contributed by atoms with Gasteiger partial charge in [0.15, 0.2) is 11.5 Å². The summed E-state index contributed by atoms with van der Waals surface area (Å²) in [6, 6.07) is 3.93. The highest BCUT2D eigenvalue weighted by atomic mass is 16.5. The zero-order valence-corrected chi connectivity index (χ0v) is 14.0. The molecule has 2 unspecified atom stereocenters. The van der Waals surface area contributed by atoms with Crippen molar-refractivity contribution in [2.45, 2.75) is 45.2 Å². The zero-order valence-electron chi connectivity index (χ0n) is 14.0. The van der Waals surface area contributed by atoms with E-state index in [4.69, 9.17) is 14.2 Å². The van der Waals surface area contributed by atoms with Crippen molar-refractivity contribution in [3.05, 3.63) is 17.7 Å². The number of likely N-dealkylation sites (tertiary alicyclic amines) is 1. The molecule has 1 heterocycles. The minimum absolute atomic E-state index is 0.0129. The van der Waals surface area contributed by atoms with Crippen LogP contribution in [0.25, 0.3) is 0 Å². The summed E-state index contributed by atoms with van der Waals surface area (Å²) in [7, 11) is 4.66. The van der Waals surface area contributed by atoms with E-state index >= 15 is 0 Å². The number of ether oxygens (including phenoxy) is 3. The van der Waals surface area contributed by atoms with Gasteiger partial charge in [0, 0.05) is 17.6 Å². The highest BCUT2D eigenvalue weighted by Gasteiger charge is 2.30. The molecule has 5 heteroatoms. The van der Waals surface area contributed by atoms with Gasteiger partial charge in [-0.25, -0.2) is 0 Å². The Morgan fingerprint density at radius 1 is 1.00 bits per heavy atom. The number of rotatable bonds is 4. The van der Waals surface area contributed by atoms with Crippen LogP contribution in [0.1, 0.15) is 43.5 Å². The maximum absolute atomic E-state index is 12.9. The molecule has 1 aliphatic heterocycles. The monoisotopic (exact) mass is 307 g/mol. The second-order valence-corrected chi connectivity index (χ2v) is 5.76. The van der Waals surface area contributed by atoms with E-state index in [0.717, 1.165) is 12.8 Å². The number of amides is 1. The molecule has 0 bridgehead atoms. The third kappa shape index (κ3) is 2.98. The van der Waals surface area contributed by atoms with E-state index in [0.29, 0.717) is 22.8 Å². The highest BCUT2D eigenvalue weighted by Crippen LogP contribution is 2.39. The maximum Gasteiger partial charge on any atom is 0.254 e. The molecule has 5 nitrogen and oxygen atoms in total. The average Bonchev–Trinajstić information content (AvgIpc) is 2.52. The van der Waals surface area contributed by atoms with Crippen molar-refractivity contribution in [1.82, 2.24) is 4.90 Å². The molecule has 0 saturated carbocycles. The van der Waals surface area contributed by atoms with Gasteiger partial charge in [-0.3, -0.25) is 4.79 Å². The summed E-state index contributed by atoms with van der Waals surface area (Å²) in [5, 5.41) is 0. The molecule has 1 amide bonds. The summed E-state index contributed by atoms with van der Waals surface area (Å²) in [6.45, 7) is 4.21. The van der Waals surface area contributed by atoms with E-state index < -0.39 is 0 Å². The van der Waals surface area contributed by atoms with Gasteiger partial charge in [-0.2, -0.15) is 0 Å². The van der Waals surface area contributed by atoms with E-state index in [-0.39, 0.29) is 18.0 Å². The Bertz CT molecular complexity index is 508. The predicted molar refractivity (Wildman–Crippen MR) is 85.0 cm³/mol. The molecule has 1 aliphatic rings. The van der Waals surface area contributed by atoms with Crippen LogP contribution in [0.4, 0.5) is 0 Å². The SMILES string of the molecule is COc1cc(C(=O)N2C(C)CCCC2C)cc(OC)c1OC. The lowest BCUT2D eigenvalue weighted by molar-refractivity contribution is 0.0510. The van der Waals surface area contributed by atoms with Gasteiger partial charge in [0.25, 0.3) is 5.91 Å². The molecule has 22 heavy (non-hydrogen) atoms. The Kier molecular flexibility index (Phi) is 5.16. The van der Waals surface area contributed by atoms with Crippen LogP contribution in [0.2, 0.25) is 0 Å². The number of methoxy groups -OCH3 is 3. The molecular formula is C17H25NO4. The summed E-state index contributed by atoms with van der Waals surface area (Å²) in [5.41, 5.74) is 0.565. The number of carbonyl (C=O) groups excluding carboxylic acids is 1. The van der Waals surface area contributed by atoms with Gasteiger partial charge >= 0.3 is 0 Å². The number of carbonyl (C=O) groups is 1. The molecule has 2 atom stereocenters. The number of benzene rings is 1. The first-order chi connectivity index (χ1) is 10.5. The highest BCUT2D eigenvalue weighted by molar-refractivity contribution is 5.96. The third-order valence-electron chi connectivity index (χ3n) is 4.34. The normalized spacial score (nSPS) is 21.4. The quantitative estimate of drug-likeness (QED) is 0.857. The van der Waals surface area contributed by atoms with Crippen LogP contribution in [0.5, 0.6) is 17.2 Å². The molecule has 1 fully saturated rings. The van der Waals surface area contributed by atoms with Gasteiger partial charge in [-0.15, -0.1) is 0 Å². The van der Waals surface area contributed by atoms with Gasteiger partial charge < -0.3 is 19.1 Å². The van der Waals surface area contributed by atoms with Crippen LogP contribution in [0, 0.1) is 0 Å². The van der Waals surface area contributed by atoms with Crippen molar-refractivity contribution in [2.75, 3.05) is 21.3 Å². The average molecular weight is 307 g/mol. The summed E-state index contributed by atoms with van der Waals surface area (Å²) >= 11 is 0. The van der Waals surface area contributed by atoms with Crippen LogP contribution >= 0.6 is 0 Å². The summed E-state index contributed by atoms with van der Waals surface area (Å²) in [6.07, 6.45) is 3.25. The fourth-order valence-electron chi connectivity index (χ4n) is 3.18. The van der Waals surface area contributed by atoms with E-state index in [9.17, 15) is 4.79 Å². The maximum atomic E-state index is 12.9. The summed E-state index contributed by atoms with van der Waals surface area (Å²) in [4.78, 5) is 14.9. The van der Waals surface area contributed by atoms with Crippen LogP contribution < -0.4 is 14.2 Å². The van der Waals surface area contributed by atoms with Crippen LogP contribution in [0.3, 0.4) is 0 Å². The second-order valence-electron chi connectivity index (χ2n) is 5.76. The lowest BCUT2D eigenvalue weighted by Crippen LogP contribution is -2.47. The van der Waals surface area contributed by atoms with Crippen LogP contribution in [-0.2, 0) is 0 Å². The minimum Gasteiger partial charge on any atom is -0.493 e. The fourth-order valence-corrected chi connectivity index (χ4v) is 3.18. The fraction of sp³-hybridized carbons (Fsp3) is 0.588. The van der Waals surface area contributed by atoms with Gasteiger partial charge in [0.2, 0.25) is 5.75 Å². The Morgan fingerprint density at radius 3 is 1.91 bits per heavy atom. The van der Waals surface area contributed by atoms with Gasteiger partial charge in [0.1, 0.15) is 0 Å². The number of piperidine rings is 1. The first-order valence-corrected chi connectivity index (χ1v) is 7.66. The van der Waals surface area contributed by atoms with Crippen LogP contribution in [0.15, 0.2) is 12.1 Å². The zero-order chi connectivity index (χ0) is 16.3. The van der Waals surface area contributed by atoms with E-state index in [2.05, 4.69) is 13.8 Å². The van der Waals surface area contributed by atoms with Crippen LogP contribution in [-0.4, -0.2) is 44.2 Å². The number of nitrogens with zero attached hydrogens (tertiary/aromatic N) is 1. The molecule has 0 aliphatic carbocycles. The molecule has 1 aromatic rings. The van der Waals surface area contributed by atoms with E-state index in [1.165, 1.54) is 6.42 Å². The largest absolute Gasteiger partial charge is 0.493 e. The predicted octanol–water partition coefficient (Wildman–Crippen LogP) is 3.12. The molecule has 2 rings (SSSR count). The standard InChI is InChI=1S/C17H25NO4/c1-11-7-6-8-12(2)18(11)17(19)13-9-14(20-3)16(22-5)15(10-13)21-4/h9-12H,6-8H2,1-5H3. The molecule has 1 aromatic carbocycles. The first kappa shape index (κ1) is 16.5. The first-order valence-electron chi connectivity index (χ1n) is 7.66. The summed E-state index contributed by atoms with van der Waals surface area (Å²) in [5.74, 6) is 1.52. The minimum atomic E-state index is 0.0129. The Balaban J connectivity index is 2.41. The lowest BCUT2D eigenvalue weighted by Gasteiger charge is -2.39. The van der Waals surface area contributed by atoms with Gasteiger partial charge in [0.05, 0.1) is 21.3 Å². The lowest BCUT2D eigenvalue weighted by atomic mass is 9.96. The van der Waals surface area contributed by atoms with E-state index in [1.54, 1.807) is 33.5 Å². The van der Waals surface area contributed by atoms with E-state index in [1.807, 2.05) is 4.90 Å². The number of hydrogen-bond donors (Lipinski definition) is 0. The molecule has 0 aromatic heterocycles. The Labute approximate surface area is 132 Å². The van der Waals surface area contributed by atoms with Gasteiger partial charge in [-0.1, -0.05) is 0 Å². The second kappa shape index (κ2) is 6.90.